The fourth-order valence-electron chi connectivity index (χ4n) is 2.81. The van der Waals surface area contributed by atoms with Crippen molar-refractivity contribution in [2.45, 2.75) is 31.9 Å². The van der Waals surface area contributed by atoms with E-state index >= 15 is 0 Å². The predicted octanol–water partition coefficient (Wildman–Crippen LogP) is 3.60. The van der Waals surface area contributed by atoms with Crippen LogP contribution in [-0.2, 0) is 4.79 Å². The fraction of sp³-hybridized carbons (Fsp3) is 0.533. The standard InChI is InChI=1S/C15H19F3N2O/c1-20(13-7-5-12(19)6-8-13)14(21)10-3-2-4-11(9-10)15(16,17)18/h5-8,10-11H,2-4,9,19H2,1H3. The van der Waals surface area contributed by atoms with Crippen LogP contribution in [0.25, 0.3) is 0 Å². The lowest BCUT2D eigenvalue weighted by Crippen LogP contribution is -2.38. The third-order valence-electron chi connectivity index (χ3n) is 4.10. The quantitative estimate of drug-likeness (QED) is 0.848. The van der Waals surface area contributed by atoms with E-state index in [-0.39, 0.29) is 18.7 Å². The summed E-state index contributed by atoms with van der Waals surface area (Å²) in [4.78, 5) is 13.8. The van der Waals surface area contributed by atoms with E-state index in [1.165, 1.54) is 4.90 Å². The van der Waals surface area contributed by atoms with E-state index in [0.29, 0.717) is 24.2 Å². The summed E-state index contributed by atoms with van der Waals surface area (Å²) in [5.74, 6) is -2.18. The minimum atomic E-state index is -4.21. The second-order valence-electron chi connectivity index (χ2n) is 5.59. The Hall–Kier alpha value is -1.72. The number of benzene rings is 1. The summed E-state index contributed by atoms with van der Waals surface area (Å²) in [6.07, 6.45) is -3.24. The van der Waals surface area contributed by atoms with Gasteiger partial charge in [-0.3, -0.25) is 4.79 Å². The van der Waals surface area contributed by atoms with Crippen LogP contribution in [0.5, 0.6) is 0 Å². The molecule has 1 aromatic rings. The number of amides is 1. The first kappa shape index (κ1) is 15.7. The monoisotopic (exact) mass is 300 g/mol. The van der Waals surface area contributed by atoms with Crippen molar-refractivity contribution in [2.75, 3.05) is 17.7 Å². The van der Waals surface area contributed by atoms with E-state index in [9.17, 15) is 18.0 Å². The number of carbonyl (C=O) groups is 1. The fourth-order valence-corrected chi connectivity index (χ4v) is 2.81. The topological polar surface area (TPSA) is 46.3 Å². The molecule has 1 aliphatic rings. The maximum atomic E-state index is 12.8. The molecule has 2 atom stereocenters. The molecule has 0 aliphatic heterocycles. The molecule has 21 heavy (non-hydrogen) atoms. The van der Waals surface area contributed by atoms with Gasteiger partial charge in [0, 0.05) is 24.3 Å². The van der Waals surface area contributed by atoms with Crippen LogP contribution in [0.15, 0.2) is 24.3 Å². The highest BCUT2D eigenvalue weighted by atomic mass is 19.4. The lowest BCUT2D eigenvalue weighted by atomic mass is 9.80. The molecule has 0 heterocycles. The highest BCUT2D eigenvalue weighted by molar-refractivity contribution is 5.94. The molecule has 0 bridgehead atoms. The molecular weight excluding hydrogens is 281 g/mol. The van der Waals surface area contributed by atoms with E-state index in [2.05, 4.69) is 0 Å². The molecule has 116 valence electrons. The van der Waals surface area contributed by atoms with Gasteiger partial charge in [-0.15, -0.1) is 0 Å². The molecule has 3 nitrogen and oxygen atoms in total. The SMILES string of the molecule is CN(C(=O)C1CCCC(C(F)(F)F)C1)c1ccc(N)cc1. The number of hydrogen-bond donors (Lipinski definition) is 1. The highest BCUT2D eigenvalue weighted by Gasteiger charge is 2.44. The number of halogens is 3. The van der Waals surface area contributed by atoms with Crippen LogP contribution in [0.4, 0.5) is 24.5 Å². The lowest BCUT2D eigenvalue weighted by molar-refractivity contribution is -0.186. The van der Waals surface area contributed by atoms with Gasteiger partial charge in [-0.1, -0.05) is 6.42 Å². The van der Waals surface area contributed by atoms with Gasteiger partial charge in [0.1, 0.15) is 0 Å². The predicted molar refractivity (Wildman–Crippen MR) is 75.8 cm³/mol. The van der Waals surface area contributed by atoms with Gasteiger partial charge in [-0.2, -0.15) is 13.2 Å². The second-order valence-corrected chi connectivity index (χ2v) is 5.59. The van der Waals surface area contributed by atoms with Crippen molar-refractivity contribution in [2.24, 2.45) is 11.8 Å². The third-order valence-corrected chi connectivity index (χ3v) is 4.10. The molecule has 2 unspecified atom stereocenters. The first-order valence-electron chi connectivity index (χ1n) is 6.99. The van der Waals surface area contributed by atoms with Gasteiger partial charge in [-0.25, -0.2) is 0 Å². The Balaban J connectivity index is 2.07. The lowest BCUT2D eigenvalue weighted by Gasteiger charge is -2.32. The Bertz CT molecular complexity index is 499. The highest BCUT2D eigenvalue weighted by Crippen LogP contribution is 2.40. The molecule has 0 spiro atoms. The van der Waals surface area contributed by atoms with Crippen molar-refractivity contribution in [3.63, 3.8) is 0 Å². The Morgan fingerprint density at radius 1 is 1.24 bits per heavy atom. The van der Waals surface area contributed by atoms with Gasteiger partial charge >= 0.3 is 6.18 Å². The van der Waals surface area contributed by atoms with Crippen LogP contribution < -0.4 is 10.6 Å². The summed E-state index contributed by atoms with van der Waals surface area (Å²) in [6.45, 7) is 0. The number of alkyl halides is 3. The van der Waals surface area contributed by atoms with Gasteiger partial charge in [0.25, 0.3) is 0 Å². The first-order chi connectivity index (χ1) is 9.79. The number of nitrogens with zero attached hydrogens (tertiary/aromatic N) is 1. The summed E-state index contributed by atoms with van der Waals surface area (Å²) >= 11 is 0. The molecule has 2 N–H and O–H groups in total. The molecule has 0 saturated heterocycles. The van der Waals surface area contributed by atoms with E-state index in [4.69, 9.17) is 5.73 Å². The average molecular weight is 300 g/mol. The average Bonchev–Trinajstić information content (AvgIpc) is 2.46. The third kappa shape index (κ3) is 3.68. The van der Waals surface area contributed by atoms with Crippen LogP contribution in [0.1, 0.15) is 25.7 Å². The summed E-state index contributed by atoms with van der Waals surface area (Å²) in [7, 11) is 1.59. The zero-order chi connectivity index (χ0) is 15.6. The Labute approximate surface area is 121 Å². The van der Waals surface area contributed by atoms with Crippen molar-refractivity contribution in [3.8, 4) is 0 Å². The van der Waals surface area contributed by atoms with E-state index in [1.54, 1.807) is 31.3 Å². The molecule has 1 aromatic carbocycles. The summed E-state index contributed by atoms with van der Waals surface area (Å²) < 4.78 is 38.4. The van der Waals surface area contributed by atoms with E-state index in [1.807, 2.05) is 0 Å². The zero-order valence-corrected chi connectivity index (χ0v) is 11.9. The molecule has 6 heteroatoms. The molecule has 1 saturated carbocycles. The van der Waals surface area contributed by atoms with Gasteiger partial charge < -0.3 is 10.6 Å². The molecular formula is C15H19F3N2O. The van der Waals surface area contributed by atoms with Crippen molar-refractivity contribution in [3.05, 3.63) is 24.3 Å². The minimum absolute atomic E-state index is 0.109. The Morgan fingerprint density at radius 2 is 1.86 bits per heavy atom. The number of nitrogen functional groups attached to an aromatic ring is 1. The summed E-state index contributed by atoms with van der Waals surface area (Å²) in [6, 6.07) is 6.71. The molecule has 2 rings (SSSR count). The van der Waals surface area contributed by atoms with Crippen LogP contribution in [0.3, 0.4) is 0 Å². The molecule has 1 aliphatic carbocycles. The largest absolute Gasteiger partial charge is 0.399 e. The van der Waals surface area contributed by atoms with Crippen molar-refractivity contribution in [1.82, 2.24) is 0 Å². The molecule has 0 aromatic heterocycles. The van der Waals surface area contributed by atoms with Crippen molar-refractivity contribution < 1.29 is 18.0 Å². The molecule has 0 radical (unpaired) electrons. The summed E-state index contributed by atoms with van der Waals surface area (Å²) in [5.41, 5.74) is 6.80. The normalized spacial score (nSPS) is 22.9. The maximum Gasteiger partial charge on any atom is 0.391 e. The first-order valence-corrected chi connectivity index (χ1v) is 6.99. The molecule has 1 amide bonds. The van der Waals surface area contributed by atoms with Gasteiger partial charge in [0.05, 0.1) is 5.92 Å². The smallest absolute Gasteiger partial charge is 0.391 e. The second kappa shape index (κ2) is 5.95. The molecule has 1 fully saturated rings. The van der Waals surface area contributed by atoms with Crippen LogP contribution in [-0.4, -0.2) is 19.1 Å². The summed E-state index contributed by atoms with van der Waals surface area (Å²) in [5, 5.41) is 0. The van der Waals surface area contributed by atoms with Crippen LogP contribution >= 0.6 is 0 Å². The zero-order valence-electron chi connectivity index (χ0n) is 11.9. The van der Waals surface area contributed by atoms with Crippen LogP contribution in [0.2, 0.25) is 0 Å². The Kier molecular flexibility index (Phi) is 4.44. The van der Waals surface area contributed by atoms with E-state index in [0.717, 1.165) is 0 Å². The number of anilines is 2. The number of carbonyl (C=O) groups excluding carboxylic acids is 1. The number of nitrogens with two attached hydrogens (primary N) is 1. The van der Waals surface area contributed by atoms with Gasteiger partial charge in [0.2, 0.25) is 5.91 Å². The number of hydrogen-bond acceptors (Lipinski definition) is 2. The van der Waals surface area contributed by atoms with E-state index < -0.39 is 18.0 Å². The van der Waals surface area contributed by atoms with Crippen molar-refractivity contribution in [1.29, 1.82) is 0 Å². The van der Waals surface area contributed by atoms with Gasteiger partial charge in [0.15, 0.2) is 0 Å². The Morgan fingerprint density at radius 3 is 2.43 bits per heavy atom. The minimum Gasteiger partial charge on any atom is -0.399 e. The number of rotatable bonds is 2. The van der Waals surface area contributed by atoms with Crippen LogP contribution in [0, 0.1) is 11.8 Å². The van der Waals surface area contributed by atoms with Crippen molar-refractivity contribution >= 4 is 17.3 Å². The van der Waals surface area contributed by atoms with Gasteiger partial charge in [-0.05, 0) is 43.5 Å². The maximum absolute atomic E-state index is 12.8.